The Morgan fingerprint density at radius 3 is 2.78 bits per heavy atom. The Morgan fingerprint density at radius 2 is 1.96 bits per heavy atom. The van der Waals surface area contributed by atoms with Gasteiger partial charge in [0.25, 0.3) is 0 Å². The predicted molar refractivity (Wildman–Crippen MR) is 108 cm³/mol. The summed E-state index contributed by atoms with van der Waals surface area (Å²) in [6, 6.07) is 16.9. The lowest BCUT2D eigenvalue weighted by atomic mass is 9.99. The van der Waals surface area contributed by atoms with E-state index in [9.17, 15) is 9.90 Å². The van der Waals surface area contributed by atoms with Gasteiger partial charge in [-0.25, -0.2) is 4.98 Å². The van der Waals surface area contributed by atoms with Crippen LogP contribution < -0.4 is 0 Å². The average molecular weight is 382 g/mol. The van der Waals surface area contributed by atoms with Gasteiger partial charge in [-0.1, -0.05) is 54.1 Å². The first-order chi connectivity index (χ1) is 13.1. The summed E-state index contributed by atoms with van der Waals surface area (Å²) < 4.78 is 4.92. The molecule has 4 nitrogen and oxygen atoms in total. The number of esters is 1. The molecule has 0 amide bonds. The molecule has 5 heteroatoms. The minimum Gasteiger partial charge on any atom is -0.466 e. The van der Waals surface area contributed by atoms with Crippen LogP contribution in [0.4, 0.5) is 0 Å². The average Bonchev–Trinajstić information content (AvgIpc) is 2.66. The second kappa shape index (κ2) is 8.80. The van der Waals surface area contributed by atoms with E-state index >= 15 is 0 Å². The second-order valence-electron chi connectivity index (χ2n) is 6.06. The first kappa shape index (κ1) is 19.1. The molecule has 3 aromatic rings. The van der Waals surface area contributed by atoms with E-state index in [0.717, 1.165) is 22.2 Å². The second-order valence-corrected chi connectivity index (χ2v) is 6.50. The number of rotatable bonds is 6. The van der Waals surface area contributed by atoms with Gasteiger partial charge in [0, 0.05) is 10.4 Å². The van der Waals surface area contributed by atoms with Gasteiger partial charge in [0.15, 0.2) is 0 Å². The molecule has 0 saturated heterocycles. The van der Waals surface area contributed by atoms with E-state index in [1.807, 2.05) is 60.7 Å². The van der Waals surface area contributed by atoms with Crippen LogP contribution in [-0.2, 0) is 9.53 Å². The van der Waals surface area contributed by atoms with Crippen molar-refractivity contribution in [3.8, 4) is 0 Å². The van der Waals surface area contributed by atoms with Crippen molar-refractivity contribution in [2.24, 2.45) is 0 Å². The lowest BCUT2D eigenvalue weighted by Gasteiger charge is -2.13. The van der Waals surface area contributed by atoms with E-state index in [0.29, 0.717) is 17.2 Å². The number of halogens is 1. The zero-order valence-corrected chi connectivity index (χ0v) is 15.7. The molecule has 3 rings (SSSR count). The number of carbonyl (C=O) groups is 1. The Bertz CT molecular complexity index is 984. The number of hydrogen-bond donors (Lipinski definition) is 1. The molecule has 0 spiro atoms. The first-order valence-corrected chi connectivity index (χ1v) is 9.11. The van der Waals surface area contributed by atoms with Crippen molar-refractivity contribution in [2.75, 3.05) is 6.61 Å². The fraction of sp³-hybridized carbons (Fsp3) is 0.182. The molecule has 0 fully saturated rings. The van der Waals surface area contributed by atoms with Gasteiger partial charge in [-0.15, -0.1) is 0 Å². The largest absolute Gasteiger partial charge is 0.466 e. The third-order valence-electron chi connectivity index (χ3n) is 4.13. The number of nitrogens with zero attached hydrogens (tertiary/aromatic N) is 1. The summed E-state index contributed by atoms with van der Waals surface area (Å²) >= 11 is 6.04. The molecular weight excluding hydrogens is 362 g/mol. The SMILES string of the molecule is CCOC(=O)CC(O)c1ccccc1C=Cc1ccc2ccc(Cl)cc2n1. The summed E-state index contributed by atoms with van der Waals surface area (Å²) in [5, 5.41) is 12.1. The third-order valence-corrected chi connectivity index (χ3v) is 4.36. The van der Waals surface area contributed by atoms with Crippen molar-refractivity contribution in [1.29, 1.82) is 0 Å². The van der Waals surface area contributed by atoms with Crippen molar-refractivity contribution in [3.05, 3.63) is 76.4 Å². The number of pyridine rings is 1. The smallest absolute Gasteiger partial charge is 0.308 e. The minimum absolute atomic E-state index is 0.0780. The van der Waals surface area contributed by atoms with E-state index in [1.165, 1.54) is 0 Å². The van der Waals surface area contributed by atoms with Gasteiger partial charge >= 0.3 is 5.97 Å². The molecule has 1 unspecified atom stereocenters. The van der Waals surface area contributed by atoms with Gasteiger partial charge in [-0.05, 0) is 42.3 Å². The Hall–Kier alpha value is -2.69. The van der Waals surface area contributed by atoms with Crippen LogP contribution >= 0.6 is 11.6 Å². The van der Waals surface area contributed by atoms with E-state index in [2.05, 4.69) is 4.98 Å². The van der Waals surface area contributed by atoms with Crippen molar-refractivity contribution in [3.63, 3.8) is 0 Å². The fourth-order valence-electron chi connectivity index (χ4n) is 2.83. The molecular formula is C22H20ClNO3. The van der Waals surface area contributed by atoms with Gasteiger partial charge in [-0.3, -0.25) is 4.79 Å². The Balaban J connectivity index is 1.84. The molecule has 0 aliphatic carbocycles. The fourth-order valence-corrected chi connectivity index (χ4v) is 2.99. The monoisotopic (exact) mass is 381 g/mol. The highest BCUT2D eigenvalue weighted by Crippen LogP contribution is 2.24. The molecule has 27 heavy (non-hydrogen) atoms. The number of aromatic nitrogens is 1. The van der Waals surface area contributed by atoms with Gasteiger partial charge in [0.1, 0.15) is 0 Å². The number of carbonyl (C=O) groups excluding carboxylic acids is 1. The molecule has 1 aromatic heterocycles. The van der Waals surface area contributed by atoms with Crippen molar-refractivity contribution >= 4 is 40.6 Å². The molecule has 0 aliphatic heterocycles. The highest BCUT2D eigenvalue weighted by molar-refractivity contribution is 6.31. The summed E-state index contributed by atoms with van der Waals surface area (Å²) in [6.45, 7) is 2.04. The van der Waals surface area contributed by atoms with Crippen LogP contribution in [0.15, 0.2) is 54.6 Å². The van der Waals surface area contributed by atoms with Crippen LogP contribution in [0.3, 0.4) is 0 Å². The molecule has 1 heterocycles. The molecule has 1 N–H and O–H groups in total. The topological polar surface area (TPSA) is 59.4 Å². The van der Waals surface area contributed by atoms with Crippen molar-refractivity contribution < 1.29 is 14.6 Å². The Morgan fingerprint density at radius 1 is 1.19 bits per heavy atom. The number of fused-ring (bicyclic) bond motifs is 1. The zero-order chi connectivity index (χ0) is 19.2. The molecule has 0 radical (unpaired) electrons. The Labute approximate surface area is 163 Å². The van der Waals surface area contributed by atoms with Gasteiger partial charge in [0.2, 0.25) is 0 Å². The number of hydrogen-bond acceptors (Lipinski definition) is 4. The van der Waals surface area contributed by atoms with Crippen LogP contribution in [0, 0.1) is 0 Å². The van der Waals surface area contributed by atoms with Gasteiger partial charge in [-0.2, -0.15) is 0 Å². The van der Waals surface area contributed by atoms with E-state index in [1.54, 1.807) is 13.0 Å². The first-order valence-electron chi connectivity index (χ1n) is 8.74. The summed E-state index contributed by atoms with van der Waals surface area (Å²) in [7, 11) is 0. The van der Waals surface area contributed by atoms with Crippen LogP contribution in [0.25, 0.3) is 23.1 Å². The standard InChI is InChI=1S/C22H20ClNO3/c1-2-27-22(26)14-21(25)19-6-4-3-5-15(19)8-11-18-12-9-16-7-10-17(23)13-20(16)24-18/h3-13,21,25H,2,14H2,1H3. The zero-order valence-electron chi connectivity index (χ0n) is 14.9. The van der Waals surface area contributed by atoms with Crippen molar-refractivity contribution in [2.45, 2.75) is 19.4 Å². The molecule has 0 aliphatic rings. The van der Waals surface area contributed by atoms with Gasteiger partial charge < -0.3 is 9.84 Å². The number of aliphatic hydroxyl groups excluding tert-OH is 1. The predicted octanol–water partition coefficient (Wildman–Crippen LogP) is 5.05. The van der Waals surface area contributed by atoms with E-state index in [4.69, 9.17) is 16.3 Å². The molecule has 1 atom stereocenters. The molecule has 0 bridgehead atoms. The molecule has 138 valence electrons. The maximum absolute atomic E-state index is 11.6. The number of ether oxygens (including phenoxy) is 1. The minimum atomic E-state index is -0.923. The quantitative estimate of drug-likeness (QED) is 0.607. The van der Waals surface area contributed by atoms with Crippen LogP contribution in [0.5, 0.6) is 0 Å². The lowest BCUT2D eigenvalue weighted by Crippen LogP contribution is -2.10. The highest BCUT2D eigenvalue weighted by Gasteiger charge is 2.15. The summed E-state index contributed by atoms with van der Waals surface area (Å²) in [5.74, 6) is -0.420. The number of aliphatic hydroxyl groups is 1. The van der Waals surface area contributed by atoms with E-state index < -0.39 is 12.1 Å². The number of benzene rings is 2. The lowest BCUT2D eigenvalue weighted by molar-refractivity contribution is -0.145. The van der Waals surface area contributed by atoms with Crippen LogP contribution in [0.2, 0.25) is 5.02 Å². The normalized spacial score (nSPS) is 12.4. The summed E-state index contributed by atoms with van der Waals surface area (Å²) in [6.07, 6.45) is 2.75. The maximum atomic E-state index is 11.6. The Kier molecular flexibility index (Phi) is 6.22. The van der Waals surface area contributed by atoms with Gasteiger partial charge in [0.05, 0.1) is 30.3 Å². The highest BCUT2D eigenvalue weighted by atomic mass is 35.5. The molecule has 2 aromatic carbocycles. The maximum Gasteiger partial charge on any atom is 0.308 e. The summed E-state index contributed by atoms with van der Waals surface area (Å²) in [4.78, 5) is 16.2. The van der Waals surface area contributed by atoms with E-state index in [-0.39, 0.29) is 6.42 Å². The molecule has 0 saturated carbocycles. The van der Waals surface area contributed by atoms with Crippen LogP contribution in [-0.4, -0.2) is 22.7 Å². The third kappa shape index (κ3) is 4.94. The summed E-state index contributed by atoms with van der Waals surface area (Å²) in [5.41, 5.74) is 3.09. The van der Waals surface area contributed by atoms with Crippen molar-refractivity contribution in [1.82, 2.24) is 4.98 Å². The van der Waals surface area contributed by atoms with Crippen LogP contribution in [0.1, 0.15) is 36.3 Å².